The van der Waals surface area contributed by atoms with Crippen LogP contribution in [0.4, 0.5) is 0 Å². The average molecular weight is 113 g/mol. The molecular weight excluding hydrogens is 102 g/mol. The normalized spacial score (nSPS) is 9.38. The molecule has 1 N–H and O–H groups in total. The number of rotatable bonds is 2. The van der Waals surface area contributed by atoms with Gasteiger partial charge >= 0.3 is 0 Å². The quantitative estimate of drug-likeness (QED) is 0.427. The molecule has 0 aromatic rings. The summed E-state index contributed by atoms with van der Waals surface area (Å²) in [7, 11) is 1.71. The van der Waals surface area contributed by atoms with E-state index in [-0.39, 0.29) is 0 Å². The first kappa shape index (κ1) is 7.14. The fourth-order valence-electron chi connectivity index (χ4n) is 0.202. The first-order valence-electron chi connectivity index (χ1n) is 2.47. The molecule has 0 unspecified atom stereocenters. The van der Waals surface area contributed by atoms with Crippen molar-refractivity contribution in [1.82, 2.24) is 5.43 Å². The van der Waals surface area contributed by atoms with Gasteiger partial charge in [-0.1, -0.05) is 10.8 Å². The summed E-state index contributed by atoms with van der Waals surface area (Å²) in [6.07, 6.45) is 1.69. The molecular formula is C5H11N3. The van der Waals surface area contributed by atoms with Crippen molar-refractivity contribution < 1.29 is 0 Å². The van der Waals surface area contributed by atoms with Gasteiger partial charge in [-0.3, -0.25) is 5.43 Å². The van der Waals surface area contributed by atoms with Gasteiger partial charge < -0.3 is 0 Å². The zero-order valence-electron chi connectivity index (χ0n) is 5.47. The monoisotopic (exact) mass is 113 g/mol. The van der Waals surface area contributed by atoms with Gasteiger partial charge in [-0.25, -0.2) is 0 Å². The van der Waals surface area contributed by atoms with Gasteiger partial charge in [0.1, 0.15) is 0 Å². The largest absolute Gasteiger partial charge is 0.295 e. The summed E-state index contributed by atoms with van der Waals surface area (Å²) < 4.78 is 0. The van der Waals surface area contributed by atoms with Crippen molar-refractivity contribution in [3.8, 4) is 0 Å². The molecule has 0 rings (SSSR count). The molecule has 3 heteroatoms. The number of hydrogen-bond donors (Lipinski definition) is 1. The predicted molar refractivity (Wildman–Crippen MR) is 33.3 cm³/mol. The summed E-state index contributed by atoms with van der Waals surface area (Å²) in [6, 6.07) is 0. The summed E-state index contributed by atoms with van der Waals surface area (Å²) in [5, 5.41) is 7.15. The molecule has 0 heterocycles. The molecule has 0 fully saturated rings. The molecule has 0 saturated heterocycles. The highest BCUT2D eigenvalue weighted by Gasteiger charge is 1.68. The Balaban J connectivity index is 3.42. The van der Waals surface area contributed by atoms with E-state index >= 15 is 0 Å². The zero-order chi connectivity index (χ0) is 6.41. The molecule has 0 aromatic heterocycles. The van der Waals surface area contributed by atoms with E-state index in [2.05, 4.69) is 15.8 Å². The van der Waals surface area contributed by atoms with Crippen molar-refractivity contribution in [1.29, 1.82) is 0 Å². The van der Waals surface area contributed by atoms with E-state index in [1.807, 2.05) is 13.8 Å². The second kappa shape index (κ2) is 4.30. The first-order valence-corrected chi connectivity index (χ1v) is 2.47. The molecule has 0 spiro atoms. The van der Waals surface area contributed by atoms with Crippen molar-refractivity contribution in [2.45, 2.75) is 13.8 Å². The molecule has 8 heavy (non-hydrogen) atoms. The van der Waals surface area contributed by atoms with Crippen LogP contribution in [-0.4, -0.2) is 7.05 Å². The Morgan fingerprint density at radius 2 is 2.12 bits per heavy atom. The minimum atomic E-state index is 1.14. The third kappa shape index (κ3) is 5.14. The van der Waals surface area contributed by atoms with Crippen molar-refractivity contribution in [3.05, 3.63) is 11.8 Å². The van der Waals surface area contributed by atoms with Crippen LogP contribution in [0, 0.1) is 0 Å². The average Bonchev–Trinajstić information content (AvgIpc) is 1.66. The topological polar surface area (TPSA) is 36.8 Å². The fourth-order valence-corrected chi connectivity index (χ4v) is 0.202. The SMILES string of the molecule is CN/N=N\C=C(C)C. The van der Waals surface area contributed by atoms with Crippen LogP contribution in [0.3, 0.4) is 0 Å². The van der Waals surface area contributed by atoms with Crippen LogP contribution in [0.25, 0.3) is 0 Å². The third-order valence-electron chi connectivity index (χ3n) is 0.474. The highest BCUT2D eigenvalue weighted by Crippen LogP contribution is 1.87. The summed E-state index contributed by atoms with van der Waals surface area (Å²) >= 11 is 0. The van der Waals surface area contributed by atoms with Gasteiger partial charge in [-0.15, -0.1) is 5.11 Å². The van der Waals surface area contributed by atoms with E-state index in [4.69, 9.17) is 0 Å². The Morgan fingerprint density at radius 3 is 2.50 bits per heavy atom. The molecule has 0 radical (unpaired) electrons. The number of allylic oxidation sites excluding steroid dienone is 1. The maximum atomic E-state index is 3.64. The van der Waals surface area contributed by atoms with Crippen molar-refractivity contribution in [3.63, 3.8) is 0 Å². The van der Waals surface area contributed by atoms with E-state index in [0.717, 1.165) is 5.57 Å². The number of nitrogens with one attached hydrogen (secondary N) is 1. The highest BCUT2D eigenvalue weighted by molar-refractivity contribution is 4.89. The summed E-state index contributed by atoms with van der Waals surface area (Å²) in [5.74, 6) is 0. The summed E-state index contributed by atoms with van der Waals surface area (Å²) in [4.78, 5) is 0. The van der Waals surface area contributed by atoms with E-state index < -0.39 is 0 Å². The number of hydrogen-bond acceptors (Lipinski definition) is 2. The van der Waals surface area contributed by atoms with E-state index in [9.17, 15) is 0 Å². The Morgan fingerprint density at radius 1 is 1.50 bits per heavy atom. The summed E-state index contributed by atoms with van der Waals surface area (Å²) in [5.41, 5.74) is 3.68. The first-order chi connectivity index (χ1) is 3.77. The summed E-state index contributed by atoms with van der Waals surface area (Å²) in [6.45, 7) is 3.93. The fraction of sp³-hybridized carbons (Fsp3) is 0.600. The molecule has 3 nitrogen and oxygen atoms in total. The molecule has 46 valence electrons. The van der Waals surface area contributed by atoms with Crippen LogP contribution in [0.2, 0.25) is 0 Å². The molecule has 0 aliphatic rings. The van der Waals surface area contributed by atoms with Crippen molar-refractivity contribution in [2.75, 3.05) is 7.05 Å². The second-order valence-electron chi connectivity index (χ2n) is 1.65. The van der Waals surface area contributed by atoms with Crippen molar-refractivity contribution in [2.24, 2.45) is 10.3 Å². The van der Waals surface area contributed by atoms with E-state index in [1.165, 1.54) is 0 Å². The standard InChI is InChI=1S/C5H11N3/c1-5(2)4-7-8-6-3/h4H,1-3H3,(H,6,7). The van der Waals surface area contributed by atoms with Crippen molar-refractivity contribution >= 4 is 0 Å². The van der Waals surface area contributed by atoms with E-state index in [0.29, 0.717) is 0 Å². The molecule has 0 aliphatic carbocycles. The molecule has 0 bridgehead atoms. The highest BCUT2D eigenvalue weighted by atomic mass is 15.4. The molecule has 0 aromatic carbocycles. The van der Waals surface area contributed by atoms with Gasteiger partial charge in [0.15, 0.2) is 0 Å². The van der Waals surface area contributed by atoms with Crippen LogP contribution < -0.4 is 5.43 Å². The van der Waals surface area contributed by atoms with Crippen LogP contribution >= 0.6 is 0 Å². The zero-order valence-corrected chi connectivity index (χ0v) is 5.47. The smallest absolute Gasteiger partial charge is 0.0499 e. The lowest BCUT2D eigenvalue weighted by atomic mass is 10.4. The lowest BCUT2D eigenvalue weighted by Gasteiger charge is -1.81. The maximum absolute atomic E-state index is 3.64. The van der Waals surface area contributed by atoms with Gasteiger partial charge in [0.25, 0.3) is 0 Å². The third-order valence-corrected chi connectivity index (χ3v) is 0.474. The molecule has 0 amide bonds. The Bertz CT molecular complexity index is 100. The Kier molecular flexibility index (Phi) is 3.84. The van der Waals surface area contributed by atoms with Crippen LogP contribution in [0.5, 0.6) is 0 Å². The van der Waals surface area contributed by atoms with Gasteiger partial charge in [0.2, 0.25) is 0 Å². The minimum Gasteiger partial charge on any atom is -0.295 e. The molecule has 0 aliphatic heterocycles. The molecule has 0 saturated carbocycles. The van der Waals surface area contributed by atoms with Gasteiger partial charge in [0.05, 0.1) is 0 Å². The predicted octanol–water partition coefficient (Wildman–Crippen LogP) is 1.50. The van der Waals surface area contributed by atoms with Crippen LogP contribution in [0.15, 0.2) is 22.1 Å². The Hall–Kier alpha value is -0.860. The van der Waals surface area contributed by atoms with Gasteiger partial charge in [0, 0.05) is 13.2 Å². The van der Waals surface area contributed by atoms with Gasteiger partial charge in [-0.2, -0.15) is 0 Å². The van der Waals surface area contributed by atoms with Crippen LogP contribution in [0.1, 0.15) is 13.8 Å². The minimum absolute atomic E-state index is 1.14. The van der Waals surface area contributed by atoms with Crippen LogP contribution in [-0.2, 0) is 0 Å². The Labute approximate surface area is 49.5 Å². The maximum Gasteiger partial charge on any atom is 0.0499 e. The van der Waals surface area contributed by atoms with E-state index in [1.54, 1.807) is 13.2 Å². The second-order valence-corrected chi connectivity index (χ2v) is 1.65. The number of nitrogens with zero attached hydrogens (tertiary/aromatic N) is 2. The molecule has 0 atom stereocenters. The lowest BCUT2D eigenvalue weighted by molar-refractivity contribution is 0.817. The van der Waals surface area contributed by atoms with Gasteiger partial charge in [-0.05, 0) is 13.8 Å². The lowest BCUT2D eigenvalue weighted by Crippen LogP contribution is -1.89.